The van der Waals surface area contributed by atoms with Crippen LogP contribution < -0.4 is 4.74 Å². The summed E-state index contributed by atoms with van der Waals surface area (Å²) in [5.41, 5.74) is 0.835. The van der Waals surface area contributed by atoms with E-state index < -0.39 is 14.7 Å². The molecule has 0 aliphatic carbocycles. The lowest BCUT2D eigenvalue weighted by Crippen LogP contribution is -2.24. The molecule has 0 aliphatic heterocycles. The van der Waals surface area contributed by atoms with Crippen LogP contribution in [0.1, 0.15) is 5.56 Å². The van der Waals surface area contributed by atoms with Crippen molar-refractivity contribution in [3.63, 3.8) is 0 Å². The smallest absolute Gasteiger partial charge is 0.413 e. The zero-order valence-electron chi connectivity index (χ0n) is 9.97. The first-order valence-corrected chi connectivity index (χ1v) is 8.55. The van der Waals surface area contributed by atoms with Gasteiger partial charge in [0, 0.05) is 0 Å². The van der Waals surface area contributed by atoms with Gasteiger partial charge in [-0.2, -0.15) is 0 Å². The molecule has 0 aliphatic rings. The molecule has 96 valence electrons. The van der Waals surface area contributed by atoms with Crippen LogP contribution in [-0.2, 0) is 11.0 Å². The fourth-order valence-electron chi connectivity index (χ4n) is 1.09. The molecule has 0 radical (unpaired) electrons. The van der Waals surface area contributed by atoms with Gasteiger partial charge < -0.3 is 9.16 Å². The van der Waals surface area contributed by atoms with Gasteiger partial charge in [-0.3, -0.25) is 0 Å². The maximum atomic E-state index is 11.9. The van der Waals surface area contributed by atoms with Crippen molar-refractivity contribution >= 4 is 8.32 Å². The van der Waals surface area contributed by atoms with Crippen LogP contribution in [0.3, 0.4) is 0 Å². The standard InChI is InChI=1S/C11H15F3O2Si/c1-17(2,3)15-8-9-4-6-10(7-5-9)16-11(12,13)14/h4-7H,8H2,1-3H3. The second-order valence-electron chi connectivity index (χ2n) is 4.59. The Bertz CT molecular complexity index is 354. The lowest BCUT2D eigenvalue weighted by molar-refractivity contribution is -0.274. The van der Waals surface area contributed by atoms with Crippen LogP contribution in [0.2, 0.25) is 19.6 Å². The molecule has 1 aromatic carbocycles. The summed E-state index contributed by atoms with van der Waals surface area (Å²) in [6.45, 7) is 6.57. The predicted octanol–water partition coefficient (Wildman–Crippen LogP) is 3.94. The summed E-state index contributed by atoms with van der Waals surface area (Å²) >= 11 is 0. The summed E-state index contributed by atoms with van der Waals surface area (Å²) in [6, 6.07) is 5.72. The fourth-order valence-corrected chi connectivity index (χ4v) is 1.69. The van der Waals surface area contributed by atoms with Crippen LogP contribution in [0.15, 0.2) is 24.3 Å². The highest BCUT2D eigenvalue weighted by molar-refractivity contribution is 6.69. The molecular formula is C11H15F3O2Si. The van der Waals surface area contributed by atoms with Crippen LogP contribution in [0.25, 0.3) is 0 Å². The molecule has 0 bridgehead atoms. The van der Waals surface area contributed by atoms with Crippen molar-refractivity contribution in [3.05, 3.63) is 29.8 Å². The number of hydrogen-bond acceptors (Lipinski definition) is 2. The Morgan fingerprint density at radius 1 is 1.06 bits per heavy atom. The van der Waals surface area contributed by atoms with Gasteiger partial charge >= 0.3 is 6.36 Å². The number of rotatable bonds is 4. The van der Waals surface area contributed by atoms with E-state index in [2.05, 4.69) is 4.74 Å². The van der Waals surface area contributed by atoms with E-state index in [1.54, 1.807) is 12.1 Å². The molecule has 0 atom stereocenters. The van der Waals surface area contributed by atoms with E-state index >= 15 is 0 Å². The lowest BCUT2D eigenvalue weighted by atomic mass is 10.2. The van der Waals surface area contributed by atoms with E-state index in [0.29, 0.717) is 6.61 Å². The first-order valence-electron chi connectivity index (χ1n) is 5.14. The maximum Gasteiger partial charge on any atom is 0.573 e. The Morgan fingerprint density at radius 2 is 1.59 bits per heavy atom. The average Bonchev–Trinajstić information content (AvgIpc) is 2.13. The van der Waals surface area contributed by atoms with Gasteiger partial charge in [0.25, 0.3) is 0 Å². The van der Waals surface area contributed by atoms with Gasteiger partial charge in [0.1, 0.15) is 5.75 Å². The molecule has 0 fully saturated rings. The van der Waals surface area contributed by atoms with Crippen molar-refractivity contribution in [1.82, 2.24) is 0 Å². The van der Waals surface area contributed by atoms with Gasteiger partial charge in [-0.25, -0.2) is 0 Å². The average molecular weight is 264 g/mol. The minimum atomic E-state index is -4.64. The molecule has 0 spiro atoms. The highest BCUT2D eigenvalue weighted by atomic mass is 28.4. The first kappa shape index (κ1) is 14.0. The predicted molar refractivity (Wildman–Crippen MR) is 61.3 cm³/mol. The molecule has 17 heavy (non-hydrogen) atoms. The second kappa shape index (κ2) is 5.10. The minimum Gasteiger partial charge on any atom is -0.413 e. The van der Waals surface area contributed by atoms with Gasteiger partial charge in [0.05, 0.1) is 6.61 Å². The van der Waals surface area contributed by atoms with Crippen LogP contribution in [0.4, 0.5) is 13.2 Å². The van der Waals surface area contributed by atoms with Crippen molar-refractivity contribution in [1.29, 1.82) is 0 Å². The van der Waals surface area contributed by atoms with Gasteiger partial charge in [0.15, 0.2) is 8.32 Å². The highest BCUT2D eigenvalue weighted by Gasteiger charge is 2.30. The summed E-state index contributed by atoms with van der Waals surface area (Å²) in [5.74, 6) is -0.214. The van der Waals surface area contributed by atoms with Gasteiger partial charge in [-0.05, 0) is 37.3 Å². The largest absolute Gasteiger partial charge is 0.573 e. The molecule has 0 unspecified atom stereocenters. The van der Waals surface area contributed by atoms with Crippen LogP contribution in [0, 0.1) is 0 Å². The summed E-state index contributed by atoms with van der Waals surface area (Å²) in [6.07, 6.45) is -4.64. The minimum absolute atomic E-state index is 0.214. The summed E-state index contributed by atoms with van der Waals surface area (Å²) in [5, 5.41) is 0. The Labute approximate surface area is 99.5 Å². The van der Waals surface area contributed by atoms with E-state index in [9.17, 15) is 13.2 Å². The zero-order valence-corrected chi connectivity index (χ0v) is 11.0. The third-order valence-electron chi connectivity index (χ3n) is 1.83. The SMILES string of the molecule is C[Si](C)(C)OCc1ccc(OC(F)(F)F)cc1. The molecule has 0 amide bonds. The molecular weight excluding hydrogens is 249 g/mol. The molecule has 0 aromatic heterocycles. The number of alkyl halides is 3. The molecule has 0 heterocycles. The lowest BCUT2D eigenvalue weighted by Gasteiger charge is -2.17. The molecule has 0 saturated heterocycles. The van der Waals surface area contributed by atoms with Crippen molar-refractivity contribution in [2.24, 2.45) is 0 Å². The van der Waals surface area contributed by atoms with E-state index in [-0.39, 0.29) is 5.75 Å². The molecule has 0 saturated carbocycles. The van der Waals surface area contributed by atoms with Crippen LogP contribution in [0.5, 0.6) is 5.75 Å². The van der Waals surface area contributed by atoms with Crippen molar-refractivity contribution in [2.75, 3.05) is 0 Å². The highest BCUT2D eigenvalue weighted by Crippen LogP contribution is 2.23. The topological polar surface area (TPSA) is 18.5 Å². The fraction of sp³-hybridized carbons (Fsp3) is 0.455. The van der Waals surface area contributed by atoms with E-state index in [1.807, 2.05) is 19.6 Å². The quantitative estimate of drug-likeness (QED) is 0.767. The Balaban J connectivity index is 2.56. The second-order valence-corrected chi connectivity index (χ2v) is 9.11. The molecule has 2 nitrogen and oxygen atoms in total. The number of hydrogen-bond donors (Lipinski definition) is 0. The van der Waals surface area contributed by atoms with Gasteiger partial charge in [0.2, 0.25) is 0 Å². The van der Waals surface area contributed by atoms with Gasteiger partial charge in [-0.15, -0.1) is 13.2 Å². The van der Waals surface area contributed by atoms with Crippen LogP contribution >= 0.6 is 0 Å². The molecule has 1 rings (SSSR count). The molecule has 1 aromatic rings. The van der Waals surface area contributed by atoms with E-state index in [4.69, 9.17) is 4.43 Å². The molecule has 6 heteroatoms. The Kier molecular flexibility index (Phi) is 4.21. The Hall–Kier alpha value is -1.01. The maximum absolute atomic E-state index is 11.9. The monoisotopic (exact) mass is 264 g/mol. The van der Waals surface area contributed by atoms with Crippen molar-refractivity contribution in [2.45, 2.75) is 32.6 Å². The summed E-state index contributed by atoms with van der Waals surface area (Å²) < 4.78 is 45.1. The van der Waals surface area contributed by atoms with E-state index in [1.165, 1.54) is 12.1 Å². The summed E-state index contributed by atoms with van der Waals surface area (Å²) in [4.78, 5) is 0. The van der Waals surface area contributed by atoms with Crippen molar-refractivity contribution < 1.29 is 22.3 Å². The molecule has 0 N–H and O–H groups in total. The number of ether oxygens (including phenoxy) is 1. The van der Waals surface area contributed by atoms with E-state index in [0.717, 1.165) is 5.56 Å². The normalized spacial score (nSPS) is 12.6. The zero-order chi connectivity index (χ0) is 13.1. The number of benzene rings is 1. The third kappa shape index (κ3) is 6.33. The summed E-state index contributed by atoms with van der Waals surface area (Å²) in [7, 11) is -1.60. The van der Waals surface area contributed by atoms with Gasteiger partial charge in [-0.1, -0.05) is 12.1 Å². The van der Waals surface area contributed by atoms with Crippen LogP contribution in [-0.4, -0.2) is 14.7 Å². The first-order chi connectivity index (χ1) is 7.66. The number of halogens is 3. The third-order valence-corrected chi connectivity index (χ3v) is 2.84. The van der Waals surface area contributed by atoms with Crippen molar-refractivity contribution in [3.8, 4) is 5.75 Å². The Morgan fingerprint density at radius 3 is 2.00 bits per heavy atom.